The number of hydrogen-bond donors (Lipinski definition) is 0. The molecule has 6 aromatic carbocycles. The quantitative estimate of drug-likeness (QED) is 0.195. The van der Waals surface area contributed by atoms with E-state index in [4.69, 9.17) is 9.97 Å². The Labute approximate surface area is 270 Å². The van der Waals surface area contributed by atoms with Crippen LogP contribution in [-0.2, 0) is 0 Å². The topological polar surface area (TPSA) is 30.7 Å². The highest BCUT2D eigenvalue weighted by atomic mass is 32.1. The summed E-state index contributed by atoms with van der Waals surface area (Å²) in [6.45, 7) is 0. The van der Waals surface area contributed by atoms with Gasteiger partial charge in [-0.1, -0.05) is 121 Å². The van der Waals surface area contributed by atoms with Gasteiger partial charge in [-0.15, -0.1) is 11.3 Å². The minimum absolute atomic E-state index is 0.924. The fraction of sp³-hybridized carbons (Fsp3) is 0. The number of thiophene rings is 1. The summed E-state index contributed by atoms with van der Waals surface area (Å²) >= 11 is 1.80. The predicted molar refractivity (Wildman–Crippen MR) is 193 cm³/mol. The molecule has 0 atom stereocenters. The second-order valence-electron chi connectivity index (χ2n) is 11.4. The summed E-state index contributed by atoms with van der Waals surface area (Å²) in [7, 11) is 0. The van der Waals surface area contributed by atoms with Crippen molar-refractivity contribution in [3.8, 4) is 50.5 Å². The van der Waals surface area contributed by atoms with Crippen LogP contribution >= 0.6 is 11.3 Å². The molecular formula is C42H27N3S. The third-order valence-corrected chi connectivity index (χ3v) is 9.84. The van der Waals surface area contributed by atoms with E-state index in [1.54, 1.807) is 11.3 Å². The molecule has 216 valence electrons. The Balaban J connectivity index is 1.30. The Morgan fingerprint density at radius 2 is 1.09 bits per heavy atom. The lowest BCUT2D eigenvalue weighted by atomic mass is 9.98. The van der Waals surface area contributed by atoms with Gasteiger partial charge in [-0.25, -0.2) is 4.98 Å². The summed E-state index contributed by atoms with van der Waals surface area (Å²) in [5.74, 6) is 0.924. The van der Waals surface area contributed by atoms with Crippen molar-refractivity contribution in [2.45, 2.75) is 0 Å². The van der Waals surface area contributed by atoms with Crippen LogP contribution in [0.25, 0.3) is 81.8 Å². The van der Waals surface area contributed by atoms with Gasteiger partial charge in [0, 0.05) is 33.1 Å². The molecule has 0 saturated carbocycles. The van der Waals surface area contributed by atoms with Gasteiger partial charge in [0.15, 0.2) is 0 Å². The normalized spacial score (nSPS) is 11.5. The Kier molecular flexibility index (Phi) is 6.32. The number of fused-ring (bicyclic) bond motifs is 4. The van der Waals surface area contributed by atoms with Crippen LogP contribution in [0, 0.1) is 0 Å². The van der Waals surface area contributed by atoms with Crippen LogP contribution < -0.4 is 0 Å². The van der Waals surface area contributed by atoms with Crippen molar-refractivity contribution in [1.29, 1.82) is 0 Å². The van der Waals surface area contributed by atoms with E-state index in [2.05, 4.69) is 162 Å². The van der Waals surface area contributed by atoms with E-state index in [-0.39, 0.29) is 0 Å². The zero-order valence-corrected chi connectivity index (χ0v) is 25.7. The fourth-order valence-corrected chi connectivity index (χ4v) is 7.70. The van der Waals surface area contributed by atoms with Gasteiger partial charge in [0.25, 0.3) is 0 Å². The van der Waals surface area contributed by atoms with Crippen molar-refractivity contribution in [3.05, 3.63) is 164 Å². The molecule has 3 heterocycles. The van der Waals surface area contributed by atoms with Gasteiger partial charge in [-0.2, -0.15) is 0 Å². The van der Waals surface area contributed by atoms with Gasteiger partial charge < -0.3 is 0 Å². The zero-order chi connectivity index (χ0) is 30.5. The van der Waals surface area contributed by atoms with Gasteiger partial charge >= 0.3 is 0 Å². The van der Waals surface area contributed by atoms with Crippen molar-refractivity contribution >= 4 is 42.7 Å². The molecule has 46 heavy (non-hydrogen) atoms. The zero-order valence-electron chi connectivity index (χ0n) is 24.8. The highest BCUT2D eigenvalue weighted by Gasteiger charge is 2.22. The van der Waals surface area contributed by atoms with E-state index in [1.807, 2.05) is 6.20 Å². The van der Waals surface area contributed by atoms with E-state index < -0.39 is 0 Å². The second-order valence-corrected chi connectivity index (χ2v) is 12.5. The molecule has 0 saturated heterocycles. The van der Waals surface area contributed by atoms with E-state index in [9.17, 15) is 0 Å². The molecule has 0 fully saturated rings. The number of rotatable bonds is 5. The maximum atomic E-state index is 5.28. The molecule has 0 bridgehead atoms. The Hall–Kier alpha value is -5.84. The summed E-state index contributed by atoms with van der Waals surface area (Å²) < 4.78 is 4.65. The molecule has 3 nitrogen and oxygen atoms in total. The van der Waals surface area contributed by atoms with Crippen LogP contribution in [0.15, 0.2) is 164 Å². The number of imidazole rings is 1. The van der Waals surface area contributed by atoms with E-state index in [0.717, 1.165) is 43.9 Å². The monoisotopic (exact) mass is 605 g/mol. The maximum Gasteiger partial charge on any atom is 0.147 e. The fourth-order valence-electron chi connectivity index (χ4n) is 6.47. The number of aromatic nitrogens is 3. The number of pyridine rings is 1. The summed E-state index contributed by atoms with van der Waals surface area (Å²) in [6, 6.07) is 55.6. The van der Waals surface area contributed by atoms with Gasteiger partial charge in [0.1, 0.15) is 5.82 Å². The van der Waals surface area contributed by atoms with Crippen molar-refractivity contribution in [3.63, 3.8) is 0 Å². The third-order valence-electron chi connectivity index (χ3n) is 8.69. The van der Waals surface area contributed by atoms with Crippen molar-refractivity contribution < 1.29 is 0 Å². The van der Waals surface area contributed by atoms with Crippen molar-refractivity contribution in [2.24, 2.45) is 0 Å². The van der Waals surface area contributed by atoms with Gasteiger partial charge in [-0.05, 0) is 64.2 Å². The largest absolute Gasteiger partial charge is 0.292 e. The maximum absolute atomic E-state index is 5.28. The molecule has 0 radical (unpaired) electrons. The molecule has 0 amide bonds. The molecule has 0 aliphatic rings. The number of para-hydroxylation sites is 2. The number of benzene rings is 6. The second kappa shape index (κ2) is 11.0. The molecular weight excluding hydrogens is 579 g/mol. The molecule has 0 spiro atoms. The van der Waals surface area contributed by atoms with Crippen molar-refractivity contribution in [1.82, 2.24) is 14.5 Å². The first-order chi connectivity index (χ1) is 22.8. The first-order valence-corrected chi connectivity index (χ1v) is 16.2. The third kappa shape index (κ3) is 4.42. The average molecular weight is 606 g/mol. The summed E-state index contributed by atoms with van der Waals surface area (Å²) in [5.41, 5.74) is 12.3. The van der Waals surface area contributed by atoms with Crippen LogP contribution in [0.1, 0.15) is 0 Å². The molecule has 3 aromatic heterocycles. The lowest BCUT2D eigenvalue weighted by molar-refractivity contribution is 1.11. The van der Waals surface area contributed by atoms with Crippen LogP contribution in [-0.4, -0.2) is 14.5 Å². The minimum atomic E-state index is 0.924. The summed E-state index contributed by atoms with van der Waals surface area (Å²) in [6.07, 6.45) is 2.01. The van der Waals surface area contributed by atoms with Gasteiger partial charge in [0.2, 0.25) is 0 Å². The predicted octanol–water partition coefficient (Wildman–Crippen LogP) is 11.5. The van der Waals surface area contributed by atoms with E-state index >= 15 is 0 Å². The Morgan fingerprint density at radius 3 is 1.80 bits per heavy atom. The van der Waals surface area contributed by atoms with Crippen LogP contribution in [0.4, 0.5) is 0 Å². The number of nitrogens with zero attached hydrogens (tertiary/aromatic N) is 3. The standard InChI is InChI=1S/C42H27N3S/c1-4-12-28(13-5-1)30-20-22-33(23-21-30)45-37-19-11-10-18-36(37)44-42(45)35-25-24-34(31-16-8-3-9-17-31)39-40-38(46-41(35)39)26-32(27-43-40)29-14-6-2-7-15-29/h1-27H. The summed E-state index contributed by atoms with van der Waals surface area (Å²) in [4.78, 5) is 10.4. The smallest absolute Gasteiger partial charge is 0.147 e. The minimum Gasteiger partial charge on any atom is -0.292 e. The number of hydrogen-bond acceptors (Lipinski definition) is 3. The lowest BCUT2D eigenvalue weighted by Gasteiger charge is -2.13. The first-order valence-electron chi connectivity index (χ1n) is 15.4. The molecule has 0 N–H and O–H groups in total. The van der Waals surface area contributed by atoms with Crippen LogP contribution in [0.3, 0.4) is 0 Å². The summed E-state index contributed by atoms with van der Waals surface area (Å²) in [5, 5.41) is 1.17. The molecule has 0 unspecified atom stereocenters. The van der Waals surface area contributed by atoms with Gasteiger partial charge in [0.05, 0.1) is 21.3 Å². The van der Waals surface area contributed by atoms with Crippen LogP contribution in [0.2, 0.25) is 0 Å². The molecule has 4 heteroatoms. The average Bonchev–Trinajstić information content (AvgIpc) is 3.71. The highest BCUT2D eigenvalue weighted by molar-refractivity contribution is 7.26. The lowest BCUT2D eigenvalue weighted by Crippen LogP contribution is -1.98. The van der Waals surface area contributed by atoms with Crippen LogP contribution in [0.5, 0.6) is 0 Å². The SMILES string of the molecule is c1ccc(-c2ccc(-n3c(-c4ccc(-c5ccccc5)c5c4sc4cc(-c6ccccc6)cnc45)nc4ccccc43)cc2)cc1. The van der Waals surface area contributed by atoms with E-state index in [0.29, 0.717) is 0 Å². The van der Waals surface area contributed by atoms with Crippen molar-refractivity contribution in [2.75, 3.05) is 0 Å². The molecule has 0 aliphatic carbocycles. The highest BCUT2D eigenvalue weighted by Crippen LogP contribution is 2.45. The Bertz CT molecular complexity index is 2500. The molecule has 9 rings (SSSR count). The van der Waals surface area contributed by atoms with E-state index in [1.165, 1.54) is 37.9 Å². The molecule has 0 aliphatic heterocycles. The first kappa shape index (κ1) is 26.6. The molecule has 9 aromatic rings. The Morgan fingerprint density at radius 1 is 0.500 bits per heavy atom. The van der Waals surface area contributed by atoms with Gasteiger partial charge in [-0.3, -0.25) is 9.55 Å².